The Labute approximate surface area is 108 Å². The van der Waals surface area contributed by atoms with Gasteiger partial charge in [-0.2, -0.15) is 0 Å². The van der Waals surface area contributed by atoms with Crippen LogP contribution in [0.3, 0.4) is 0 Å². The third-order valence-electron chi connectivity index (χ3n) is 3.15. The average Bonchev–Trinajstić information content (AvgIpc) is 2.81. The molecule has 1 fully saturated rings. The number of ether oxygens (including phenoxy) is 1. The summed E-state index contributed by atoms with van der Waals surface area (Å²) in [6, 6.07) is 1.96. The molecule has 2 rings (SSSR count). The van der Waals surface area contributed by atoms with Gasteiger partial charge in [-0.15, -0.1) is 0 Å². The van der Waals surface area contributed by atoms with Gasteiger partial charge in [-0.3, -0.25) is 0 Å². The smallest absolute Gasteiger partial charge is 0.133 e. The first-order valence-corrected chi connectivity index (χ1v) is 6.77. The molecule has 0 amide bonds. The Morgan fingerprint density at radius 2 is 2.22 bits per heavy atom. The molecule has 0 atom stereocenters. The van der Waals surface area contributed by atoms with Crippen molar-refractivity contribution in [2.75, 3.05) is 45.9 Å². The SMILES string of the molecule is Cc1cc(CCOCCCN2CCNCC2)no1. The van der Waals surface area contributed by atoms with Crippen LogP contribution in [0.1, 0.15) is 17.9 Å². The zero-order valence-corrected chi connectivity index (χ0v) is 11.2. The van der Waals surface area contributed by atoms with E-state index in [0.29, 0.717) is 0 Å². The van der Waals surface area contributed by atoms with Crippen molar-refractivity contribution in [3.05, 3.63) is 17.5 Å². The molecule has 0 radical (unpaired) electrons. The molecule has 1 aliphatic heterocycles. The molecule has 5 heteroatoms. The fraction of sp³-hybridized carbons (Fsp3) is 0.769. The second kappa shape index (κ2) is 7.51. The Morgan fingerprint density at radius 3 is 2.94 bits per heavy atom. The topological polar surface area (TPSA) is 50.5 Å². The fourth-order valence-electron chi connectivity index (χ4n) is 2.14. The van der Waals surface area contributed by atoms with Crippen molar-refractivity contribution in [3.63, 3.8) is 0 Å². The van der Waals surface area contributed by atoms with Gasteiger partial charge < -0.3 is 19.5 Å². The monoisotopic (exact) mass is 253 g/mol. The fourth-order valence-corrected chi connectivity index (χ4v) is 2.14. The molecule has 1 N–H and O–H groups in total. The maximum atomic E-state index is 5.61. The molecule has 0 unspecified atom stereocenters. The van der Waals surface area contributed by atoms with Gasteiger partial charge in [0.05, 0.1) is 12.3 Å². The minimum absolute atomic E-state index is 0.730. The first-order valence-electron chi connectivity index (χ1n) is 6.77. The molecule has 0 bridgehead atoms. The van der Waals surface area contributed by atoms with Gasteiger partial charge >= 0.3 is 0 Å². The second-order valence-corrected chi connectivity index (χ2v) is 4.74. The Balaban J connectivity index is 1.46. The number of hydrogen-bond acceptors (Lipinski definition) is 5. The van der Waals surface area contributed by atoms with E-state index in [1.165, 1.54) is 0 Å². The summed E-state index contributed by atoms with van der Waals surface area (Å²) in [6.45, 7) is 9.18. The second-order valence-electron chi connectivity index (χ2n) is 4.74. The average molecular weight is 253 g/mol. The van der Waals surface area contributed by atoms with Gasteiger partial charge in [0, 0.05) is 51.8 Å². The highest BCUT2D eigenvalue weighted by atomic mass is 16.5. The first kappa shape index (κ1) is 13.5. The van der Waals surface area contributed by atoms with Gasteiger partial charge in [0.25, 0.3) is 0 Å². The highest BCUT2D eigenvalue weighted by Gasteiger charge is 2.08. The van der Waals surface area contributed by atoms with E-state index in [4.69, 9.17) is 9.26 Å². The predicted molar refractivity (Wildman–Crippen MR) is 69.7 cm³/mol. The van der Waals surface area contributed by atoms with Crippen molar-refractivity contribution in [2.24, 2.45) is 0 Å². The van der Waals surface area contributed by atoms with Crippen LogP contribution in [0.2, 0.25) is 0 Å². The van der Waals surface area contributed by atoms with Crippen molar-refractivity contribution < 1.29 is 9.26 Å². The summed E-state index contributed by atoms with van der Waals surface area (Å²) in [5.41, 5.74) is 0.981. The lowest BCUT2D eigenvalue weighted by atomic mass is 10.3. The molecular weight excluding hydrogens is 230 g/mol. The van der Waals surface area contributed by atoms with Crippen LogP contribution >= 0.6 is 0 Å². The number of hydrogen-bond donors (Lipinski definition) is 1. The summed E-state index contributed by atoms with van der Waals surface area (Å²) in [4.78, 5) is 2.49. The molecule has 1 aromatic rings. The van der Waals surface area contributed by atoms with E-state index in [-0.39, 0.29) is 0 Å². The lowest BCUT2D eigenvalue weighted by Gasteiger charge is -2.26. The Kier molecular flexibility index (Phi) is 5.64. The van der Waals surface area contributed by atoms with Gasteiger partial charge in [0.15, 0.2) is 0 Å². The molecule has 1 saturated heterocycles. The third-order valence-corrected chi connectivity index (χ3v) is 3.15. The molecule has 1 aliphatic rings. The predicted octanol–water partition coefficient (Wildman–Crippen LogP) is 0.837. The van der Waals surface area contributed by atoms with Crippen molar-refractivity contribution in [3.8, 4) is 0 Å². The number of aromatic nitrogens is 1. The maximum Gasteiger partial charge on any atom is 0.133 e. The van der Waals surface area contributed by atoms with Crippen LogP contribution in [0.4, 0.5) is 0 Å². The van der Waals surface area contributed by atoms with Crippen molar-refractivity contribution in [1.29, 1.82) is 0 Å². The van der Waals surface area contributed by atoms with Crippen molar-refractivity contribution in [2.45, 2.75) is 19.8 Å². The molecule has 1 aromatic heterocycles. The van der Waals surface area contributed by atoms with Gasteiger partial charge in [0.1, 0.15) is 5.76 Å². The van der Waals surface area contributed by atoms with Gasteiger partial charge in [-0.25, -0.2) is 0 Å². The summed E-state index contributed by atoms with van der Waals surface area (Å²) in [5, 5.41) is 7.29. The zero-order chi connectivity index (χ0) is 12.6. The molecule has 0 aliphatic carbocycles. The largest absolute Gasteiger partial charge is 0.381 e. The number of nitrogens with zero attached hydrogens (tertiary/aromatic N) is 2. The van der Waals surface area contributed by atoms with Gasteiger partial charge in [-0.1, -0.05) is 5.16 Å². The number of nitrogens with one attached hydrogen (secondary N) is 1. The zero-order valence-electron chi connectivity index (χ0n) is 11.2. The number of rotatable bonds is 7. The van der Waals surface area contributed by atoms with Crippen LogP contribution < -0.4 is 5.32 Å². The van der Waals surface area contributed by atoms with E-state index in [1.807, 2.05) is 13.0 Å². The minimum atomic E-state index is 0.730. The summed E-state index contributed by atoms with van der Waals surface area (Å²) < 4.78 is 10.6. The van der Waals surface area contributed by atoms with Crippen molar-refractivity contribution in [1.82, 2.24) is 15.4 Å². The molecular formula is C13H23N3O2. The molecule has 0 aromatic carbocycles. The Morgan fingerprint density at radius 1 is 1.39 bits per heavy atom. The van der Waals surface area contributed by atoms with Gasteiger partial charge in [0.2, 0.25) is 0 Å². The quantitative estimate of drug-likeness (QED) is 0.730. The number of piperazine rings is 1. The highest BCUT2D eigenvalue weighted by molar-refractivity contribution is 5.03. The lowest BCUT2D eigenvalue weighted by Crippen LogP contribution is -2.43. The van der Waals surface area contributed by atoms with E-state index in [0.717, 1.165) is 70.2 Å². The van der Waals surface area contributed by atoms with Crippen LogP contribution in [0.15, 0.2) is 10.6 Å². The van der Waals surface area contributed by atoms with Crippen LogP contribution in [0, 0.1) is 6.92 Å². The summed E-state index contributed by atoms with van der Waals surface area (Å²) in [6.07, 6.45) is 1.95. The van der Waals surface area contributed by atoms with E-state index in [2.05, 4.69) is 15.4 Å². The van der Waals surface area contributed by atoms with Crippen LogP contribution in [-0.2, 0) is 11.2 Å². The minimum Gasteiger partial charge on any atom is -0.381 e. The Hall–Kier alpha value is -0.910. The molecule has 0 spiro atoms. The molecule has 2 heterocycles. The van der Waals surface area contributed by atoms with Gasteiger partial charge in [-0.05, 0) is 13.3 Å². The number of aryl methyl sites for hydroxylation is 1. The Bertz CT molecular complexity index is 335. The molecule has 102 valence electrons. The molecule has 18 heavy (non-hydrogen) atoms. The normalized spacial score (nSPS) is 17.2. The maximum absolute atomic E-state index is 5.61. The van der Waals surface area contributed by atoms with Crippen LogP contribution in [0.25, 0.3) is 0 Å². The molecule has 0 saturated carbocycles. The van der Waals surface area contributed by atoms with E-state index < -0.39 is 0 Å². The summed E-state index contributed by atoms with van der Waals surface area (Å²) in [7, 11) is 0. The van der Waals surface area contributed by atoms with Crippen LogP contribution in [-0.4, -0.2) is 56.0 Å². The first-order chi connectivity index (χ1) is 8.84. The highest BCUT2D eigenvalue weighted by Crippen LogP contribution is 2.02. The van der Waals surface area contributed by atoms with E-state index >= 15 is 0 Å². The van der Waals surface area contributed by atoms with E-state index in [9.17, 15) is 0 Å². The standard InChI is InChI=1S/C13H23N3O2/c1-12-11-13(15-18-12)3-10-17-9-2-6-16-7-4-14-5-8-16/h11,14H,2-10H2,1H3. The van der Waals surface area contributed by atoms with Crippen LogP contribution in [0.5, 0.6) is 0 Å². The van der Waals surface area contributed by atoms with Crippen molar-refractivity contribution >= 4 is 0 Å². The summed E-state index contributed by atoms with van der Waals surface area (Å²) >= 11 is 0. The lowest BCUT2D eigenvalue weighted by molar-refractivity contribution is 0.119. The third kappa shape index (κ3) is 4.76. The van der Waals surface area contributed by atoms with E-state index in [1.54, 1.807) is 0 Å². The summed E-state index contributed by atoms with van der Waals surface area (Å²) in [5.74, 6) is 0.865. The molecule has 5 nitrogen and oxygen atoms in total.